The number of rotatable bonds is 13. The molecular formula is C20H36ClIN4O2. The van der Waals surface area contributed by atoms with E-state index in [1.165, 1.54) is 5.56 Å². The number of aliphatic imine (C=N–C) groups is 1. The molecule has 0 radical (unpaired) electrons. The lowest BCUT2D eigenvalue weighted by molar-refractivity contribution is 0.0487. The molecule has 0 aromatic heterocycles. The number of ether oxygens (including phenoxy) is 2. The van der Waals surface area contributed by atoms with E-state index in [0.29, 0.717) is 26.4 Å². The summed E-state index contributed by atoms with van der Waals surface area (Å²) in [4.78, 5) is 6.44. The highest BCUT2D eigenvalue weighted by molar-refractivity contribution is 14.0. The van der Waals surface area contributed by atoms with Crippen molar-refractivity contribution in [1.82, 2.24) is 15.5 Å². The van der Waals surface area contributed by atoms with Gasteiger partial charge in [0.1, 0.15) is 0 Å². The molecule has 0 saturated heterocycles. The van der Waals surface area contributed by atoms with Crippen molar-refractivity contribution in [3.63, 3.8) is 0 Å². The van der Waals surface area contributed by atoms with E-state index in [1.54, 1.807) is 7.05 Å². The topological polar surface area (TPSA) is 58.1 Å². The van der Waals surface area contributed by atoms with E-state index in [2.05, 4.69) is 53.7 Å². The largest absolute Gasteiger partial charge is 0.379 e. The van der Waals surface area contributed by atoms with Gasteiger partial charge in [0.15, 0.2) is 5.96 Å². The molecule has 1 atom stereocenters. The normalized spacial score (nSPS) is 12.6. The Morgan fingerprint density at radius 1 is 1.07 bits per heavy atom. The first-order valence-corrected chi connectivity index (χ1v) is 9.98. The standard InChI is InChI=1S/C20H35ClN4O2.HI/c1-5-6-12-26-14-15-27-13-11-23-20(22-2)24-16-19(25(3)4)17-7-9-18(21)10-8-17;/h7-10,19H,5-6,11-16H2,1-4H3,(H2,22,23,24);1H. The summed E-state index contributed by atoms with van der Waals surface area (Å²) in [5.74, 6) is 0.763. The number of nitrogens with zero attached hydrogens (tertiary/aromatic N) is 2. The van der Waals surface area contributed by atoms with Gasteiger partial charge in [0, 0.05) is 31.8 Å². The summed E-state index contributed by atoms with van der Waals surface area (Å²) < 4.78 is 11.0. The molecule has 0 amide bonds. The zero-order valence-corrected chi connectivity index (χ0v) is 20.6. The van der Waals surface area contributed by atoms with Gasteiger partial charge in [0.05, 0.1) is 25.9 Å². The molecule has 1 rings (SSSR count). The Kier molecular flexibility index (Phi) is 16.9. The fraction of sp³-hybridized carbons (Fsp3) is 0.650. The molecule has 162 valence electrons. The van der Waals surface area contributed by atoms with Crippen LogP contribution < -0.4 is 10.6 Å². The van der Waals surface area contributed by atoms with Gasteiger partial charge in [-0.05, 0) is 38.2 Å². The summed E-state index contributed by atoms with van der Waals surface area (Å²) >= 11 is 5.99. The lowest BCUT2D eigenvalue weighted by Gasteiger charge is -2.26. The number of guanidine groups is 1. The van der Waals surface area contributed by atoms with Gasteiger partial charge in [-0.2, -0.15) is 0 Å². The van der Waals surface area contributed by atoms with Crippen molar-refractivity contribution < 1.29 is 9.47 Å². The monoisotopic (exact) mass is 526 g/mol. The van der Waals surface area contributed by atoms with Crippen molar-refractivity contribution in [2.45, 2.75) is 25.8 Å². The highest BCUT2D eigenvalue weighted by Crippen LogP contribution is 2.19. The Balaban J connectivity index is 0.00000729. The first kappa shape index (κ1) is 27.4. The van der Waals surface area contributed by atoms with Crippen LogP contribution in [0.3, 0.4) is 0 Å². The molecule has 0 heterocycles. The Hall–Kier alpha value is -0.610. The lowest BCUT2D eigenvalue weighted by atomic mass is 10.1. The lowest BCUT2D eigenvalue weighted by Crippen LogP contribution is -2.42. The van der Waals surface area contributed by atoms with Crippen LogP contribution >= 0.6 is 35.6 Å². The van der Waals surface area contributed by atoms with Crippen LogP contribution in [-0.4, -0.2) is 71.5 Å². The van der Waals surface area contributed by atoms with Crippen LogP contribution in [-0.2, 0) is 9.47 Å². The zero-order valence-electron chi connectivity index (χ0n) is 17.5. The quantitative estimate of drug-likeness (QED) is 0.178. The molecule has 0 aliphatic rings. The number of likely N-dealkylation sites (N-methyl/N-ethyl adjacent to an activating group) is 1. The Morgan fingerprint density at radius 3 is 2.29 bits per heavy atom. The summed E-state index contributed by atoms with van der Waals surface area (Å²) in [6.45, 7) is 6.29. The number of hydrogen-bond donors (Lipinski definition) is 2. The predicted octanol–water partition coefficient (Wildman–Crippen LogP) is 3.56. The van der Waals surface area contributed by atoms with Gasteiger partial charge in [-0.25, -0.2) is 0 Å². The third kappa shape index (κ3) is 12.1. The number of nitrogens with one attached hydrogen (secondary N) is 2. The second-order valence-electron chi connectivity index (χ2n) is 6.49. The summed E-state index contributed by atoms with van der Waals surface area (Å²) in [5, 5.41) is 7.39. The van der Waals surface area contributed by atoms with Crippen molar-refractivity contribution in [2.75, 3.05) is 60.7 Å². The van der Waals surface area contributed by atoms with Gasteiger partial charge in [-0.1, -0.05) is 37.1 Å². The number of halogens is 2. The molecule has 0 aliphatic heterocycles. The Labute approximate surface area is 192 Å². The fourth-order valence-corrected chi connectivity index (χ4v) is 2.63. The smallest absolute Gasteiger partial charge is 0.191 e. The van der Waals surface area contributed by atoms with E-state index in [9.17, 15) is 0 Å². The fourth-order valence-electron chi connectivity index (χ4n) is 2.51. The second kappa shape index (κ2) is 17.3. The summed E-state index contributed by atoms with van der Waals surface area (Å²) in [7, 11) is 5.89. The van der Waals surface area contributed by atoms with Crippen molar-refractivity contribution >= 4 is 41.5 Å². The van der Waals surface area contributed by atoms with E-state index in [1.807, 2.05) is 12.1 Å². The molecule has 0 saturated carbocycles. The first-order chi connectivity index (χ1) is 13.1. The van der Waals surface area contributed by atoms with Gasteiger partial charge < -0.3 is 25.0 Å². The minimum atomic E-state index is 0. The van der Waals surface area contributed by atoms with E-state index in [-0.39, 0.29) is 30.0 Å². The summed E-state index contributed by atoms with van der Waals surface area (Å²) in [5.41, 5.74) is 1.21. The van der Waals surface area contributed by atoms with Gasteiger partial charge >= 0.3 is 0 Å². The third-order valence-electron chi connectivity index (χ3n) is 4.12. The maximum Gasteiger partial charge on any atom is 0.191 e. The van der Waals surface area contributed by atoms with Gasteiger partial charge in [0.2, 0.25) is 0 Å². The maximum atomic E-state index is 5.99. The van der Waals surface area contributed by atoms with Crippen LogP contribution in [0, 0.1) is 0 Å². The molecule has 2 N–H and O–H groups in total. The summed E-state index contributed by atoms with van der Waals surface area (Å²) in [6.07, 6.45) is 2.26. The molecular weight excluding hydrogens is 491 g/mol. The van der Waals surface area contributed by atoms with Gasteiger partial charge in [0.25, 0.3) is 0 Å². The van der Waals surface area contributed by atoms with Crippen molar-refractivity contribution in [2.24, 2.45) is 4.99 Å². The van der Waals surface area contributed by atoms with Crippen molar-refractivity contribution in [3.05, 3.63) is 34.9 Å². The molecule has 1 aromatic carbocycles. The first-order valence-electron chi connectivity index (χ1n) is 9.60. The van der Waals surface area contributed by atoms with Crippen molar-refractivity contribution in [1.29, 1.82) is 0 Å². The molecule has 8 heteroatoms. The van der Waals surface area contributed by atoms with Crippen molar-refractivity contribution in [3.8, 4) is 0 Å². The van der Waals surface area contributed by atoms with E-state index >= 15 is 0 Å². The van der Waals surface area contributed by atoms with Crippen LogP contribution in [0.5, 0.6) is 0 Å². The van der Waals surface area contributed by atoms with Crippen LogP contribution in [0.15, 0.2) is 29.3 Å². The molecule has 1 unspecified atom stereocenters. The predicted molar refractivity (Wildman–Crippen MR) is 129 cm³/mol. The third-order valence-corrected chi connectivity index (χ3v) is 4.37. The van der Waals surface area contributed by atoms with E-state index < -0.39 is 0 Å². The SMILES string of the molecule is CCCCOCCOCCNC(=NC)NCC(c1ccc(Cl)cc1)N(C)C.I. The molecule has 0 fully saturated rings. The van der Waals surface area contributed by atoms with Crippen LogP contribution in [0.25, 0.3) is 0 Å². The molecule has 6 nitrogen and oxygen atoms in total. The molecule has 0 aliphatic carbocycles. The van der Waals surface area contributed by atoms with Crippen LogP contribution in [0.2, 0.25) is 5.02 Å². The average molecular weight is 527 g/mol. The highest BCUT2D eigenvalue weighted by Gasteiger charge is 2.14. The van der Waals surface area contributed by atoms with Crippen LogP contribution in [0.4, 0.5) is 0 Å². The minimum absolute atomic E-state index is 0. The highest BCUT2D eigenvalue weighted by atomic mass is 127. The minimum Gasteiger partial charge on any atom is -0.379 e. The van der Waals surface area contributed by atoms with Gasteiger partial charge in [-0.15, -0.1) is 24.0 Å². The average Bonchev–Trinajstić information content (AvgIpc) is 2.66. The Morgan fingerprint density at radius 2 is 1.71 bits per heavy atom. The van der Waals surface area contributed by atoms with E-state index in [0.717, 1.165) is 37.0 Å². The second-order valence-corrected chi connectivity index (χ2v) is 6.93. The summed E-state index contributed by atoms with van der Waals surface area (Å²) in [6, 6.07) is 8.17. The van der Waals surface area contributed by atoms with Crippen LogP contribution in [0.1, 0.15) is 31.4 Å². The molecule has 28 heavy (non-hydrogen) atoms. The number of benzene rings is 1. The molecule has 0 spiro atoms. The number of unbranched alkanes of at least 4 members (excludes halogenated alkanes) is 1. The number of hydrogen-bond acceptors (Lipinski definition) is 4. The van der Waals surface area contributed by atoms with Gasteiger partial charge in [-0.3, -0.25) is 4.99 Å². The Bertz CT molecular complexity index is 529. The zero-order chi connectivity index (χ0) is 19.9. The maximum absolute atomic E-state index is 5.99. The molecule has 0 bridgehead atoms. The molecule has 1 aromatic rings. The van der Waals surface area contributed by atoms with E-state index in [4.69, 9.17) is 21.1 Å².